The van der Waals surface area contributed by atoms with Crippen LogP contribution in [0.1, 0.15) is 54.9 Å². The maximum Gasteiger partial charge on any atom is 0.416 e. The second kappa shape index (κ2) is 21.2. The van der Waals surface area contributed by atoms with Gasteiger partial charge in [0.05, 0.1) is 44.5 Å². The van der Waals surface area contributed by atoms with E-state index in [0.717, 1.165) is 10.6 Å². The van der Waals surface area contributed by atoms with Crippen LogP contribution in [-0.4, -0.2) is 38.0 Å². The first-order valence-corrected chi connectivity index (χ1v) is 23.5. The van der Waals surface area contributed by atoms with Gasteiger partial charge in [-0.15, -0.1) is 0 Å². The number of carbonyl (C=O) groups is 1. The average molecular weight is 1170 g/mol. The third-order valence-corrected chi connectivity index (χ3v) is 13.9. The summed E-state index contributed by atoms with van der Waals surface area (Å²) >= 11 is 0. The van der Waals surface area contributed by atoms with Gasteiger partial charge in [-0.1, -0.05) is 70.9 Å². The van der Waals surface area contributed by atoms with Crippen LogP contribution in [-0.2, 0) is 63.6 Å². The van der Waals surface area contributed by atoms with Crippen LogP contribution >= 0.6 is 0 Å². The van der Waals surface area contributed by atoms with Crippen LogP contribution in [0.4, 0.5) is 111 Å². The molecule has 6 aromatic rings. The van der Waals surface area contributed by atoms with Crippen LogP contribution in [0.15, 0.2) is 132 Å². The van der Waals surface area contributed by atoms with Crippen LogP contribution in [0.25, 0.3) is 0 Å². The van der Waals surface area contributed by atoms with Crippen LogP contribution in [0.2, 0.25) is 0 Å². The molecule has 0 saturated carbocycles. The zero-order valence-electron chi connectivity index (χ0n) is 39.2. The quantitative estimate of drug-likeness (QED) is 0.0627. The molecule has 0 aliphatic heterocycles. The number of ketones is 1. The second-order valence-electron chi connectivity index (χ2n) is 17.5. The molecule has 0 radical (unpaired) electrons. The van der Waals surface area contributed by atoms with E-state index in [1.54, 1.807) is 18.4 Å². The van der Waals surface area contributed by atoms with Crippen LogP contribution in [0.5, 0.6) is 0 Å². The highest BCUT2D eigenvalue weighted by atomic mass is 32.2. The molecule has 0 heterocycles. The predicted molar refractivity (Wildman–Crippen MR) is 239 cm³/mol. The lowest BCUT2D eigenvalue weighted by atomic mass is 9.12. The summed E-state index contributed by atoms with van der Waals surface area (Å²) in [6.45, 7) is 0. The van der Waals surface area contributed by atoms with Gasteiger partial charge in [0.25, 0.3) is 0 Å². The minimum atomic E-state index is -6.13. The number of Topliss-reactive ketones (excluding diaryl/α,β-unsaturated/α-hetero) is 1. The van der Waals surface area contributed by atoms with Crippen molar-refractivity contribution in [3.63, 3.8) is 0 Å². The Labute approximate surface area is 425 Å². The van der Waals surface area contributed by atoms with Crippen molar-refractivity contribution in [3.05, 3.63) is 177 Å². The van der Waals surface area contributed by atoms with Crippen LogP contribution in [0.3, 0.4) is 0 Å². The molecule has 0 aliphatic carbocycles. The smallest absolute Gasteiger partial charge is 0.378 e. The van der Waals surface area contributed by atoms with Gasteiger partial charge in [0.15, 0.2) is 10.6 Å². The molecule has 6 rings (SSSR count). The van der Waals surface area contributed by atoms with E-state index in [9.17, 15) is 114 Å². The Bertz CT molecular complexity index is 2750. The molecule has 1 atom stereocenters. The first-order valence-electron chi connectivity index (χ1n) is 21.3. The van der Waals surface area contributed by atoms with Crippen LogP contribution < -0.4 is 26.8 Å². The number of hydrogen-bond acceptors (Lipinski definition) is 3. The summed E-state index contributed by atoms with van der Waals surface area (Å²) in [5.74, 6) is -0.0464. The molecule has 6 aromatic carbocycles. The van der Waals surface area contributed by atoms with E-state index in [0.29, 0.717) is 5.56 Å². The Morgan fingerprint density at radius 3 is 0.821 bits per heavy atom. The zero-order chi connectivity index (χ0) is 59.4. The van der Waals surface area contributed by atoms with Gasteiger partial charge in [-0.25, -0.2) is 0 Å². The van der Waals surface area contributed by atoms with Gasteiger partial charge in [0, 0.05) is 25.3 Å². The van der Waals surface area contributed by atoms with Crippen molar-refractivity contribution >= 4 is 49.4 Å². The molecule has 0 aliphatic rings. The minimum absolute atomic E-state index is 0.0400. The lowest BCUT2D eigenvalue weighted by molar-refractivity contribution is -0.144. The number of anilines is 1. The van der Waals surface area contributed by atoms with Crippen LogP contribution in [0, 0.1) is 0 Å². The Morgan fingerprint density at radius 2 is 0.615 bits per heavy atom. The van der Waals surface area contributed by atoms with Gasteiger partial charge in [-0.05, 0) is 60.7 Å². The Balaban J connectivity index is 0.000000443. The van der Waals surface area contributed by atoms with Crippen molar-refractivity contribution in [3.8, 4) is 0 Å². The monoisotopic (exact) mass is 1170 g/mol. The summed E-state index contributed by atoms with van der Waals surface area (Å²) in [6.07, 6.45) is -53.2. The summed E-state index contributed by atoms with van der Waals surface area (Å²) in [5, 5.41) is 0. The molecule has 0 N–H and O–H groups in total. The molecule has 29 heteroatoms. The van der Waals surface area contributed by atoms with Gasteiger partial charge in [0.1, 0.15) is 22.3 Å². The largest absolute Gasteiger partial charge is 0.416 e. The standard InChI is InChI=1S/C32H12BF24.C17H20NO2S/c34-25(35,36)13-1-14(26(37,38)39)6-21(5-13)33(22-7-15(27(40,41)42)2-16(8-22)28(43,44)45,23-9-17(29(46,47)48)3-18(10-23)30(49,50)51)24-11-19(31(52,53)54)4-20(12-24)32(55,56)57;1-18(2)15-11-9-14(10-12-15)17(19)13-21(3,20)16-7-5-4-6-8-16/h1-12H;4-12H,13H2,1-3H3/q-1;+1. The normalized spacial score (nSPS) is 14.1. The molecular formula is C49H32BF24NO2S. The van der Waals surface area contributed by atoms with E-state index in [-0.39, 0.29) is 11.5 Å². The number of benzene rings is 6. The number of hydrogen-bond donors (Lipinski definition) is 0. The highest BCUT2D eigenvalue weighted by Crippen LogP contribution is 2.41. The van der Waals surface area contributed by atoms with E-state index in [2.05, 4.69) is 0 Å². The second-order valence-corrected chi connectivity index (χ2v) is 20.3. The molecule has 0 spiro atoms. The number of halogens is 24. The lowest BCUT2D eigenvalue weighted by Crippen LogP contribution is -2.75. The Morgan fingerprint density at radius 1 is 0.385 bits per heavy atom. The van der Waals surface area contributed by atoms with Gasteiger partial charge in [-0.2, -0.15) is 127 Å². The van der Waals surface area contributed by atoms with E-state index in [4.69, 9.17) is 0 Å². The number of carbonyl (C=O) groups excluding carboxylic acids is 1. The molecule has 0 aromatic heterocycles. The minimum Gasteiger partial charge on any atom is -0.378 e. The third kappa shape index (κ3) is 14.3. The fourth-order valence-corrected chi connectivity index (χ4v) is 9.71. The molecule has 0 fully saturated rings. The molecule has 0 amide bonds. The van der Waals surface area contributed by atoms with Crippen molar-refractivity contribution in [1.29, 1.82) is 0 Å². The number of rotatable bonds is 9. The molecule has 3 nitrogen and oxygen atoms in total. The molecule has 422 valence electrons. The van der Waals surface area contributed by atoms with E-state index in [1.165, 1.54) is 0 Å². The molecule has 1 unspecified atom stereocenters. The summed E-state index contributed by atoms with van der Waals surface area (Å²) in [5.41, 5.74) is -28.6. The van der Waals surface area contributed by atoms with Gasteiger partial charge >= 0.3 is 49.4 Å². The molecule has 0 bridgehead atoms. The van der Waals surface area contributed by atoms with Gasteiger partial charge < -0.3 is 4.90 Å². The predicted octanol–water partition coefficient (Wildman–Crippen LogP) is 14.3. The van der Waals surface area contributed by atoms with Crippen molar-refractivity contribution in [2.75, 3.05) is 31.0 Å². The summed E-state index contributed by atoms with van der Waals surface area (Å²) in [4.78, 5) is 15.0. The van der Waals surface area contributed by atoms with Crippen molar-refractivity contribution in [2.24, 2.45) is 0 Å². The summed E-state index contributed by atoms with van der Waals surface area (Å²) < 4.78 is 354. The fourth-order valence-electron chi connectivity index (χ4n) is 8.14. The maximum absolute atomic E-state index is 14.2. The first kappa shape index (κ1) is 62.2. The third-order valence-electron chi connectivity index (χ3n) is 11.8. The molecular weight excluding hydrogens is 1130 g/mol. The van der Waals surface area contributed by atoms with E-state index >= 15 is 0 Å². The highest BCUT2D eigenvalue weighted by Gasteiger charge is 2.47. The number of alkyl halides is 24. The maximum atomic E-state index is 14.2. The average Bonchev–Trinajstić information content (AvgIpc) is 3.29. The first-order chi connectivity index (χ1) is 35.2. The van der Waals surface area contributed by atoms with E-state index in [1.807, 2.05) is 61.5 Å². The van der Waals surface area contributed by atoms with Gasteiger partial charge in [-0.3, -0.25) is 4.79 Å². The van der Waals surface area contributed by atoms with Gasteiger partial charge in [0.2, 0.25) is 5.78 Å². The Kier molecular flexibility index (Phi) is 16.9. The molecule has 78 heavy (non-hydrogen) atoms. The fraction of sp³-hybridized carbons (Fsp3) is 0.245. The van der Waals surface area contributed by atoms with Crippen molar-refractivity contribution < 1.29 is 114 Å². The highest BCUT2D eigenvalue weighted by molar-refractivity contribution is 8.03. The van der Waals surface area contributed by atoms with E-state index < -0.39 is 205 Å². The molecule has 0 saturated heterocycles. The van der Waals surface area contributed by atoms with Crippen molar-refractivity contribution in [1.82, 2.24) is 0 Å². The topological polar surface area (TPSA) is 37.4 Å². The van der Waals surface area contributed by atoms with Crippen molar-refractivity contribution in [2.45, 2.75) is 54.3 Å². The number of nitrogens with zero attached hydrogens (tertiary/aromatic N) is 1. The Hall–Kier alpha value is -6.68. The summed E-state index contributed by atoms with van der Waals surface area (Å²) in [6, 6.07) is 7.74. The zero-order valence-corrected chi connectivity index (χ0v) is 40.0. The summed E-state index contributed by atoms with van der Waals surface area (Å²) in [7, 11) is 1.55. The lowest BCUT2D eigenvalue weighted by Gasteiger charge is -2.46. The SMILES string of the molecule is CN(C)c1ccc(C(=O)C[S+](C)(=O)c2ccccc2)cc1.FC(F)(F)c1cc([B-](c2cc(C(F)(F)F)cc(C(F)(F)F)c2)(c2cc(C(F)(F)F)cc(C(F)(F)F)c2)c2cc(C(F)(F)F)cc(C(F)(F)F)c2)cc(C(F)(F)F)c1.